The van der Waals surface area contributed by atoms with Gasteiger partial charge in [-0.2, -0.15) is 0 Å². The highest BCUT2D eigenvalue weighted by atomic mass is 31.2. The van der Waals surface area contributed by atoms with Crippen LogP contribution >= 0.6 is 23.0 Å². The zero-order valence-corrected chi connectivity index (χ0v) is 25.6. The summed E-state index contributed by atoms with van der Waals surface area (Å²) in [6, 6.07) is 0. The fourth-order valence-electron chi connectivity index (χ4n) is 2.69. The number of hydrogen-bond acceptors (Lipinski definition) is 16. The number of carbonyl (C=O) groups excluding carboxylic acids is 3. The van der Waals surface area contributed by atoms with Gasteiger partial charge in [0.1, 0.15) is 6.61 Å². The zero-order valence-electron chi connectivity index (χ0n) is 22.9. The lowest BCUT2D eigenvalue weighted by Gasteiger charge is -2.35. The molecule has 230 valence electrons. The summed E-state index contributed by atoms with van der Waals surface area (Å²) in [4.78, 5) is 35.5. The number of ether oxygens (including phenoxy) is 2. The van der Waals surface area contributed by atoms with Gasteiger partial charge in [-0.15, -0.1) is 0 Å². The Labute approximate surface area is 227 Å². The van der Waals surface area contributed by atoms with Gasteiger partial charge in [-0.05, 0) is 0 Å². The molecule has 0 aromatic rings. The van der Waals surface area contributed by atoms with Gasteiger partial charge in [0, 0.05) is 54.9 Å². The molecule has 0 saturated heterocycles. The molecule has 39 heavy (non-hydrogen) atoms. The summed E-state index contributed by atoms with van der Waals surface area (Å²) in [5.74, 6) is -2.19. The second kappa shape index (κ2) is 17.6. The molecule has 2 unspecified atom stereocenters. The first-order chi connectivity index (χ1) is 18.2. The fourth-order valence-corrected chi connectivity index (χ4v) is 7.96. The van der Waals surface area contributed by atoms with Crippen molar-refractivity contribution in [1.82, 2.24) is 5.32 Å². The van der Waals surface area contributed by atoms with E-state index in [0.717, 1.165) is 35.5 Å². The molecule has 0 aromatic carbocycles. The molecule has 0 heterocycles. The van der Waals surface area contributed by atoms with Crippen LogP contribution in [-0.2, 0) is 69.2 Å². The van der Waals surface area contributed by atoms with E-state index in [1.54, 1.807) is 13.8 Å². The number of phosphoric acid groups is 1. The first-order valence-electron chi connectivity index (χ1n) is 11.4. The van der Waals surface area contributed by atoms with Gasteiger partial charge in [-0.3, -0.25) is 37.1 Å². The summed E-state index contributed by atoms with van der Waals surface area (Å²) in [7, 11) is -8.86. The molecule has 0 bridgehead atoms. The van der Waals surface area contributed by atoms with Crippen LogP contribution in [-0.4, -0.2) is 96.1 Å². The maximum Gasteiger partial charge on any atom is 0.474 e. The van der Waals surface area contributed by atoms with Crippen LogP contribution in [0.25, 0.3) is 0 Å². The molecule has 0 saturated carbocycles. The lowest BCUT2D eigenvalue weighted by atomic mass is 10.4. The molecule has 0 radical (unpaired) electrons. The third-order valence-corrected chi connectivity index (χ3v) is 11.7. The highest BCUT2D eigenvalue weighted by Crippen LogP contribution is 2.76. The second-order valence-electron chi connectivity index (χ2n) is 7.29. The molecule has 2 N–H and O–H groups in total. The number of carbonyl (C=O) groups is 3. The van der Waals surface area contributed by atoms with Gasteiger partial charge in [0.25, 0.3) is 5.08 Å². The van der Waals surface area contributed by atoms with Crippen LogP contribution in [0.1, 0.15) is 33.1 Å². The Morgan fingerprint density at radius 3 is 1.74 bits per heavy atom. The Morgan fingerprint density at radius 2 is 1.31 bits per heavy atom. The van der Waals surface area contributed by atoms with E-state index in [-0.39, 0.29) is 26.0 Å². The largest absolute Gasteiger partial charge is 0.474 e. The van der Waals surface area contributed by atoms with E-state index in [1.807, 2.05) is 0 Å². The maximum atomic E-state index is 12.9. The number of nitrogens with one attached hydrogen (secondary N) is 1. The quantitative estimate of drug-likeness (QED) is 0.106. The molecule has 17 nitrogen and oxygen atoms in total. The predicted molar refractivity (Wildman–Crippen MR) is 134 cm³/mol. The van der Waals surface area contributed by atoms with Crippen molar-refractivity contribution in [1.29, 1.82) is 0 Å². The van der Waals surface area contributed by atoms with Crippen LogP contribution in [0.2, 0.25) is 0 Å². The predicted octanol–water partition coefficient (Wildman–Crippen LogP) is 2.17. The minimum Gasteiger partial charge on any atom is -0.462 e. The van der Waals surface area contributed by atoms with Gasteiger partial charge in [-0.1, -0.05) is 13.8 Å². The van der Waals surface area contributed by atoms with Gasteiger partial charge in [-0.25, -0.2) is 4.57 Å². The van der Waals surface area contributed by atoms with Gasteiger partial charge in [0.05, 0.1) is 19.6 Å². The number of rotatable bonds is 21. The van der Waals surface area contributed by atoms with E-state index in [9.17, 15) is 33.2 Å². The fraction of sp³-hybridized carbons (Fsp3) is 0.842. The van der Waals surface area contributed by atoms with Gasteiger partial charge < -0.3 is 38.0 Å². The third-order valence-electron chi connectivity index (χ3n) is 4.86. The average molecular weight is 629 g/mol. The SMILES string of the molecule is CCC(=O)OCC(COP(=O)(OC)OCCNC(=O)CC(O)(P(=O)(OC)OC)P(=O)(OC)OC)OC(=O)CC. The van der Waals surface area contributed by atoms with Crippen molar-refractivity contribution in [2.45, 2.75) is 44.3 Å². The van der Waals surface area contributed by atoms with E-state index >= 15 is 0 Å². The normalized spacial score (nSPS) is 14.8. The van der Waals surface area contributed by atoms with Crippen molar-refractivity contribution in [3.8, 4) is 0 Å². The van der Waals surface area contributed by atoms with E-state index in [0.29, 0.717) is 0 Å². The second-order valence-corrected chi connectivity index (χ2v) is 14.3. The molecular weight excluding hydrogens is 591 g/mol. The van der Waals surface area contributed by atoms with E-state index in [2.05, 4.69) is 5.32 Å². The van der Waals surface area contributed by atoms with E-state index in [4.69, 9.17) is 41.1 Å². The molecule has 0 fully saturated rings. The average Bonchev–Trinajstić information content (AvgIpc) is 2.94. The summed E-state index contributed by atoms with van der Waals surface area (Å²) < 4.78 is 82.5. The molecule has 0 aliphatic heterocycles. The van der Waals surface area contributed by atoms with Crippen LogP contribution < -0.4 is 5.32 Å². The molecule has 0 aliphatic carbocycles. The molecule has 0 spiro atoms. The number of aliphatic hydroxyl groups is 1. The summed E-state index contributed by atoms with van der Waals surface area (Å²) in [6.45, 7) is 1.43. The minimum atomic E-state index is -4.63. The summed E-state index contributed by atoms with van der Waals surface area (Å²) in [5, 5.41) is 10.2. The Morgan fingerprint density at radius 1 is 0.795 bits per heavy atom. The summed E-state index contributed by atoms with van der Waals surface area (Å²) >= 11 is 0. The van der Waals surface area contributed by atoms with E-state index < -0.39 is 71.7 Å². The molecular formula is C19H38NO16P3. The Hall–Kier alpha value is -1.22. The van der Waals surface area contributed by atoms with Crippen LogP contribution in [0.4, 0.5) is 0 Å². The smallest absolute Gasteiger partial charge is 0.462 e. The molecule has 2 atom stereocenters. The highest BCUT2D eigenvalue weighted by molar-refractivity contribution is 7.73. The number of esters is 2. The maximum absolute atomic E-state index is 12.9. The van der Waals surface area contributed by atoms with E-state index in [1.165, 1.54) is 0 Å². The molecule has 20 heteroatoms. The topological polar surface area (TPSA) is 218 Å². The summed E-state index contributed by atoms with van der Waals surface area (Å²) in [6.07, 6.45) is -2.10. The van der Waals surface area contributed by atoms with Crippen LogP contribution in [0.3, 0.4) is 0 Å². The highest BCUT2D eigenvalue weighted by Gasteiger charge is 2.64. The first-order valence-corrected chi connectivity index (χ1v) is 16.0. The van der Waals surface area contributed by atoms with Crippen molar-refractivity contribution < 1.29 is 74.3 Å². The van der Waals surface area contributed by atoms with Crippen LogP contribution in [0, 0.1) is 0 Å². The van der Waals surface area contributed by atoms with Crippen molar-refractivity contribution >= 4 is 40.9 Å². The number of amides is 1. The van der Waals surface area contributed by atoms with Crippen molar-refractivity contribution in [3.63, 3.8) is 0 Å². The third kappa shape index (κ3) is 10.9. The number of phosphoric ester groups is 1. The number of hydrogen-bond donors (Lipinski definition) is 2. The van der Waals surface area contributed by atoms with Crippen molar-refractivity contribution in [2.24, 2.45) is 0 Å². The lowest BCUT2D eigenvalue weighted by Crippen LogP contribution is -2.39. The van der Waals surface area contributed by atoms with Gasteiger partial charge in [0.15, 0.2) is 6.10 Å². The van der Waals surface area contributed by atoms with Crippen LogP contribution in [0.15, 0.2) is 0 Å². The molecule has 0 rings (SSSR count). The van der Waals surface area contributed by atoms with Crippen molar-refractivity contribution in [2.75, 3.05) is 61.9 Å². The summed E-state index contributed by atoms with van der Waals surface area (Å²) in [5.41, 5.74) is 0. The van der Waals surface area contributed by atoms with Crippen LogP contribution in [0.5, 0.6) is 0 Å². The minimum absolute atomic E-state index is 0.0277. The molecule has 0 aromatic heterocycles. The zero-order chi connectivity index (χ0) is 30.3. The Balaban J connectivity index is 5.21. The Bertz CT molecular complexity index is 902. The monoisotopic (exact) mass is 629 g/mol. The molecule has 1 amide bonds. The molecule has 0 aliphatic rings. The lowest BCUT2D eigenvalue weighted by molar-refractivity contribution is -0.160. The first kappa shape index (κ1) is 37.8. The van der Waals surface area contributed by atoms with Crippen molar-refractivity contribution in [3.05, 3.63) is 0 Å². The standard InChI is InChI=1S/C19H38NO16P3/c1-8-17(22)33-13-15(36-18(23)9-2)14-35-39(27,32-7)34-11-10-20-16(21)12-19(24,37(25,28-3)29-4)38(26,30-5)31-6/h15,24H,8-14H2,1-7H3,(H,20,21). The van der Waals surface area contributed by atoms with Gasteiger partial charge in [0.2, 0.25) is 5.91 Å². The Kier molecular flexibility index (Phi) is 17.0. The van der Waals surface area contributed by atoms with Gasteiger partial charge >= 0.3 is 35.0 Å².